The highest BCUT2D eigenvalue weighted by atomic mass is 16.1. The first-order valence-corrected chi connectivity index (χ1v) is 5.34. The number of carbonyl (C=O) groups excluding carboxylic acids is 1. The van der Waals surface area contributed by atoms with Gasteiger partial charge < -0.3 is 10.6 Å². The van der Waals surface area contributed by atoms with Crippen LogP contribution < -0.4 is 10.6 Å². The fourth-order valence-electron chi connectivity index (χ4n) is 1.54. The van der Waals surface area contributed by atoms with Gasteiger partial charge in [0.05, 0.1) is 0 Å². The monoisotopic (exact) mass is 230 g/mol. The van der Waals surface area contributed by atoms with Crippen molar-refractivity contribution in [2.75, 3.05) is 12.4 Å². The van der Waals surface area contributed by atoms with Gasteiger partial charge in [-0.05, 0) is 30.8 Å². The Morgan fingerprint density at radius 3 is 3.00 bits per heavy atom. The zero-order valence-electron chi connectivity index (χ0n) is 9.53. The smallest absolute Gasteiger partial charge is 0.273 e. The number of nitrogens with one attached hydrogen (secondary N) is 3. The van der Waals surface area contributed by atoms with Crippen LogP contribution in [0.3, 0.4) is 0 Å². The topological polar surface area (TPSA) is 69.8 Å². The van der Waals surface area contributed by atoms with E-state index in [9.17, 15) is 4.79 Å². The van der Waals surface area contributed by atoms with E-state index < -0.39 is 0 Å². The summed E-state index contributed by atoms with van der Waals surface area (Å²) in [7, 11) is 1.88. The molecule has 5 nitrogen and oxygen atoms in total. The number of benzene rings is 1. The van der Waals surface area contributed by atoms with Crippen LogP contribution in [-0.4, -0.2) is 23.2 Å². The van der Waals surface area contributed by atoms with Crippen molar-refractivity contribution in [3.63, 3.8) is 0 Å². The van der Waals surface area contributed by atoms with Gasteiger partial charge in [-0.15, -0.1) is 0 Å². The molecule has 0 fully saturated rings. The number of H-pyrrole nitrogens is 1. The van der Waals surface area contributed by atoms with Gasteiger partial charge in [0.1, 0.15) is 5.69 Å². The number of rotatable bonds is 4. The van der Waals surface area contributed by atoms with Crippen molar-refractivity contribution in [1.29, 1.82) is 0 Å². The van der Waals surface area contributed by atoms with Crippen LogP contribution in [0.2, 0.25) is 0 Å². The van der Waals surface area contributed by atoms with E-state index in [1.54, 1.807) is 12.3 Å². The molecular formula is C12H14N4O. The fourth-order valence-corrected chi connectivity index (χ4v) is 1.54. The molecule has 88 valence electrons. The Morgan fingerprint density at radius 2 is 2.29 bits per heavy atom. The van der Waals surface area contributed by atoms with Gasteiger partial charge in [-0.2, -0.15) is 5.10 Å². The third-order valence-electron chi connectivity index (χ3n) is 2.31. The maximum atomic E-state index is 11.7. The molecule has 0 saturated carbocycles. The van der Waals surface area contributed by atoms with Crippen molar-refractivity contribution < 1.29 is 4.79 Å². The number of aromatic amines is 1. The Morgan fingerprint density at radius 1 is 1.41 bits per heavy atom. The second-order valence-corrected chi connectivity index (χ2v) is 3.66. The maximum Gasteiger partial charge on any atom is 0.273 e. The molecule has 0 atom stereocenters. The van der Waals surface area contributed by atoms with Crippen LogP contribution in [0.25, 0.3) is 0 Å². The molecule has 0 radical (unpaired) electrons. The third kappa shape index (κ3) is 2.92. The highest BCUT2D eigenvalue weighted by Crippen LogP contribution is 2.11. The first-order chi connectivity index (χ1) is 8.29. The largest absolute Gasteiger partial charge is 0.321 e. The summed E-state index contributed by atoms with van der Waals surface area (Å²) in [6.07, 6.45) is 1.55. The summed E-state index contributed by atoms with van der Waals surface area (Å²) in [5.74, 6) is -0.191. The van der Waals surface area contributed by atoms with Gasteiger partial charge in [0.15, 0.2) is 0 Å². The van der Waals surface area contributed by atoms with Crippen molar-refractivity contribution in [3.8, 4) is 0 Å². The predicted octanol–water partition coefficient (Wildman–Crippen LogP) is 1.38. The summed E-state index contributed by atoms with van der Waals surface area (Å²) in [4.78, 5) is 11.7. The average molecular weight is 230 g/mol. The molecule has 2 rings (SSSR count). The maximum absolute atomic E-state index is 11.7. The van der Waals surface area contributed by atoms with Crippen LogP contribution in [0.15, 0.2) is 36.5 Å². The molecule has 0 aliphatic rings. The summed E-state index contributed by atoms with van der Waals surface area (Å²) >= 11 is 0. The van der Waals surface area contributed by atoms with Crippen molar-refractivity contribution in [1.82, 2.24) is 15.5 Å². The second-order valence-electron chi connectivity index (χ2n) is 3.66. The van der Waals surface area contributed by atoms with Crippen LogP contribution in [0.5, 0.6) is 0 Å². The molecule has 3 N–H and O–H groups in total. The van der Waals surface area contributed by atoms with Crippen molar-refractivity contribution >= 4 is 11.6 Å². The van der Waals surface area contributed by atoms with E-state index in [4.69, 9.17) is 0 Å². The minimum atomic E-state index is -0.191. The zero-order valence-corrected chi connectivity index (χ0v) is 9.53. The van der Waals surface area contributed by atoms with Crippen LogP contribution >= 0.6 is 0 Å². The van der Waals surface area contributed by atoms with E-state index in [0.717, 1.165) is 17.8 Å². The average Bonchev–Trinajstić information content (AvgIpc) is 2.83. The second kappa shape index (κ2) is 5.27. The number of aromatic nitrogens is 2. The summed E-state index contributed by atoms with van der Waals surface area (Å²) in [6.45, 7) is 0.772. The third-order valence-corrected chi connectivity index (χ3v) is 2.31. The van der Waals surface area contributed by atoms with E-state index in [0.29, 0.717) is 5.69 Å². The molecule has 1 aromatic heterocycles. The predicted molar refractivity (Wildman–Crippen MR) is 65.7 cm³/mol. The molecule has 0 unspecified atom stereocenters. The Hall–Kier alpha value is -2.14. The Balaban J connectivity index is 2.08. The molecule has 0 spiro atoms. The molecule has 1 aromatic carbocycles. The van der Waals surface area contributed by atoms with Crippen LogP contribution in [0.1, 0.15) is 16.1 Å². The summed E-state index contributed by atoms with van der Waals surface area (Å²) in [6, 6.07) is 9.34. The molecule has 0 bridgehead atoms. The molecular weight excluding hydrogens is 216 g/mol. The summed E-state index contributed by atoms with van der Waals surface area (Å²) in [5, 5.41) is 12.2. The molecule has 17 heavy (non-hydrogen) atoms. The van der Waals surface area contributed by atoms with E-state index in [2.05, 4.69) is 20.8 Å². The summed E-state index contributed by atoms with van der Waals surface area (Å²) in [5.41, 5.74) is 2.34. The minimum absolute atomic E-state index is 0.191. The van der Waals surface area contributed by atoms with E-state index in [-0.39, 0.29) is 5.91 Å². The van der Waals surface area contributed by atoms with E-state index in [1.807, 2.05) is 31.3 Å². The number of anilines is 1. The van der Waals surface area contributed by atoms with Gasteiger partial charge in [-0.25, -0.2) is 0 Å². The van der Waals surface area contributed by atoms with Gasteiger partial charge in [-0.1, -0.05) is 12.1 Å². The van der Waals surface area contributed by atoms with E-state index >= 15 is 0 Å². The normalized spacial score (nSPS) is 10.2. The molecule has 0 aliphatic heterocycles. The Bertz CT molecular complexity index is 493. The lowest BCUT2D eigenvalue weighted by Crippen LogP contribution is -2.13. The molecule has 1 heterocycles. The van der Waals surface area contributed by atoms with Crippen LogP contribution in [0, 0.1) is 0 Å². The Labute approximate surface area is 99.2 Å². The van der Waals surface area contributed by atoms with Gasteiger partial charge in [0.2, 0.25) is 0 Å². The highest BCUT2D eigenvalue weighted by Gasteiger charge is 2.06. The lowest BCUT2D eigenvalue weighted by atomic mass is 10.2. The van der Waals surface area contributed by atoms with Crippen molar-refractivity contribution in [2.24, 2.45) is 0 Å². The lowest BCUT2D eigenvalue weighted by Gasteiger charge is -2.06. The van der Waals surface area contributed by atoms with Gasteiger partial charge in [0.25, 0.3) is 5.91 Å². The number of carbonyl (C=O) groups is 1. The highest BCUT2D eigenvalue weighted by molar-refractivity contribution is 6.02. The molecule has 5 heteroatoms. The van der Waals surface area contributed by atoms with Crippen LogP contribution in [-0.2, 0) is 6.54 Å². The first kappa shape index (κ1) is 11.3. The number of hydrogen-bond acceptors (Lipinski definition) is 3. The van der Waals surface area contributed by atoms with Gasteiger partial charge in [0, 0.05) is 18.4 Å². The quantitative estimate of drug-likeness (QED) is 0.743. The molecule has 0 saturated heterocycles. The number of hydrogen-bond donors (Lipinski definition) is 3. The van der Waals surface area contributed by atoms with Crippen LogP contribution in [0.4, 0.5) is 5.69 Å². The Kier molecular flexibility index (Phi) is 3.52. The first-order valence-electron chi connectivity index (χ1n) is 5.34. The summed E-state index contributed by atoms with van der Waals surface area (Å²) < 4.78 is 0. The molecule has 0 aliphatic carbocycles. The minimum Gasteiger partial charge on any atom is -0.321 e. The SMILES string of the molecule is CNCc1cccc(NC(=O)c2ccn[nH]2)c1. The fraction of sp³-hybridized carbons (Fsp3) is 0.167. The van der Waals surface area contributed by atoms with Crippen molar-refractivity contribution in [2.45, 2.75) is 6.54 Å². The van der Waals surface area contributed by atoms with Gasteiger partial charge in [-0.3, -0.25) is 9.89 Å². The van der Waals surface area contributed by atoms with Crippen molar-refractivity contribution in [3.05, 3.63) is 47.8 Å². The number of nitrogens with zero attached hydrogens (tertiary/aromatic N) is 1. The number of amides is 1. The standard InChI is InChI=1S/C12H14N4O/c1-13-8-9-3-2-4-10(7-9)15-12(17)11-5-6-14-16-11/h2-7,13H,8H2,1H3,(H,14,16)(H,15,17). The molecule has 2 aromatic rings. The molecule has 1 amide bonds. The zero-order chi connectivity index (χ0) is 12.1. The lowest BCUT2D eigenvalue weighted by molar-refractivity contribution is 0.102. The van der Waals surface area contributed by atoms with Gasteiger partial charge >= 0.3 is 0 Å². The van der Waals surface area contributed by atoms with E-state index in [1.165, 1.54) is 0 Å².